The minimum Gasteiger partial charge on any atom is -0.428 e. The lowest BCUT2D eigenvalue weighted by atomic mass is 9.97. The molecule has 0 bridgehead atoms. The van der Waals surface area contributed by atoms with Crippen molar-refractivity contribution in [1.29, 1.82) is 0 Å². The van der Waals surface area contributed by atoms with Crippen LogP contribution in [0.5, 0.6) is 5.75 Å². The van der Waals surface area contributed by atoms with Crippen LogP contribution in [0, 0.1) is 0 Å². The van der Waals surface area contributed by atoms with Crippen molar-refractivity contribution in [3.8, 4) is 5.75 Å². The molecular weight excluding hydrogens is 632 g/mol. The third kappa shape index (κ3) is 12.7. The Morgan fingerprint density at radius 3 is 1.21 bits per heavy atom. The number of aryl methyl sites for hydroxylation is 3. The first-order valence-electron chi connectivity index (χ1n) is 18.9. The number of rotatable bonds is 24. The van der Waals surface area contributed by atoms with E-state index in [2.05, 4.69) is 96.1 Å². The first-order valence-corrected chi connectivity index (χ1v) is 23.4. The van der Waals surface area contributed by atoms with E-state index < -0.39 is 5.77 Å². The van der Waals surface area contributed by atoms with Gasteiger partial charge in [-0.05, 0) is 151 Å². The molecule has 0 saturated heterocycles. The van der Waals surface area contributed by atoms with Gasteiger partial charge in [-0.15, -0.1) is 0 Å². The molecule has 3 aromatic carbocycles. The maximum Gasteiger partial charge on any atom is 0.369 e. The van der Waals surface area contributed by atoms with Crippen molar-refractivity contribution in [3.63, 3.8) is 0 Å². The summed E-state index contributed by atoms with van der Waals surface area (Å²) in [7, 11) is 0. The molecule has 0 aliphatic rings. The third-order valence-electron chi connectivity index (χ3n) is 9.06. The molecule has 0 atom stereocenters. The second kappa shape index (κ2) is 22.2. The molecule has 0 spiro atoms. The molecule has 0 saturated carbocycles. The summed E-state index contributed by atoms with van der Waals surface area (Å²) in [6.07, 6.45) is 20.0. The monoisotopic (exact) mass is 694 g/mol. The van der Waals surface area contributed by atoms with Crippen LogP contribution in [0.4, 0.5) is 0 Å². The van der Waals surface area contributed by atoms with Gasteiger partial charge in [0.15, 0.2) is 0 Å². The zero-order chi connectivity index (χ0) is 33.9. The summed E-state index contributed by atoms with van der Waals surface area (Å²) in [5.74, 6) is -2.54. The summed E-state index contributed by atoms with van der Waals surface area (Å²) in [6, 6.07) is 19.8. The second-order valence-corrected chi connectivity index (χ2v) is 20.0. The van der Waals surface area contributed by atoms with Gasteiger partial charge in [0.2, 0.25) is 0 Å². The highest BCUT2D eigenvalue weighted by molar-refractivity contribution is 8.89. The highest BCUT2D eigenvalue weighted by Gasteiger charge is 2.33. The summed E-state index contributed by atoms with van der Waals surface area (Å²) in [5.41, 5.74) is 8.20. The fourth-order valence-corrected chi connectivity index (χ4v) is 13.3. The van der Waals surface area contributed by atoms with Crippen molar-refractivity contribution >= 4 is 28.5 Å². The lowest BCUT2D eigenvalue weighted by molar-refractivity contribution is 0.510. The molecule has 260 valence electrons. The molecule has 0 aliphatic heterocycles. The van der Waals surface area contributed by atoms with Crippen LogP contribution in [0.15, 0.2) is 64.4 Å². The van der Waals surface area contributed by atoms with Gasteiger partial charge >= 0.3 is 5.77 Å². The van der Waals surface area contributed by atoms with E-state index in [0.29, 0.717) is 0 Å². The van der Waals surface area contributed by atoms with Crippen LogP contribution in [-0.2, 0) is 43.1 Å². The molecule has 0 N–H and O–H groups in total. The third-order valence-corrected chi connectivity index (χ3v) is 15.4. The van der Waals surface area contributed by atoms with Crippen LogP contribution in [0.25, 0.3) is 0 Å². The second-order valence-electron chi connectivity index (χ2n) is 13.0. The SMILES string of the molecule is CCCCc1cccc(OP(=O)(Sc2cccc(CCCC)c2CCCC)Sc2cccc(CCCC)c2CCCC)c1CCCC. The molecule has 0 heterocycles. The lowest BCUT2D eigenvalue weighted by Crippen LogP contribution is -2.02. The molecule has 0 unspecified atom stereocenters. The topological polar surface area (TPSA) is 26.3 Å². The largest absolute Gasteiger partial charge is 0.428 e. The highest BCUT2D eigenvalue weighted by Crippen LogP contribution is 2.74. The van der Waals surface area contributed by atoms with Gasteiger partial charge in [0, 0.05) is 9.79 Å². The molecular formula is C42H63O2PS2. The smallest absolute Gasteiger partial charge is 0.369 e. The number of hydrogen-bond acceptors (Lipinski definition) is 4. The van der Waals surface area contributed by atoms with Crippen LogP contribution in [0.1, 0.15) is 152 Å². The molecule has 0 amide bonds. The predicted octanol–water partition coefficient (Wildman–Crippen LogP) is 14.8. The van der Waals surface area contributed by atoms with Crippen LogP contribution in [-0.4, -0.2) is 0 Å². The van der Waals surface area contributed by atoms with Gasteiger partial charge in [0.1, 0.15) is 5.75 Å². The number of hydrogen-bond donors (Lipinski definition) is 0. The fourth-order valence-electron chi connectivity index (χ4n) is 6.22. The lowest BCUT2D eigenvalue weighted by Gasteiger charge is -2.24. The fraction of sp³-hybridized carbons (Fsp3) is 0.571. The Hall–Kier alpha value is -1.61. The zero-order valence-corrected chi connectivity index (χ0v) is 33.0. The van der Waals surface area contributed by atoms with Gasteiger partial charge < -0.3 is 4.52 Å². The maximum atomic E-state index is 15.7. The maximum absolute atomic E-state index is 15.7. The first kappa shape index (κ1) is 39.8. The van der Waals surface area contributed by atoms with Crippen molar-refractivity contribution < 1.29 is 9.09 Å². The summed E-state index contributed by atoms with van der Waals surface area (Å²) in [4.78, 5) is 2.27. The van der Waals surface area contributed by atoms with Crippen molar-refractivity contribution in [2.45, 2.75) is 167 Å². The molecule has 0 fully saturated rings. The van der Waals surface area contributed by atoms with E-state index in [9.17, 15) is 0 Å². The van der Waals surface area contributed by atoms with E-state index in [4.69, 9.17) is 4.52 Å². The van der Waals surface area contributed by atoms with Gasteiger partial charge in [-0.2, -0.15) is 0 Å². The predicted molar refractivity (Wildman–Crippen MR) is 211 cm³/mol. The van der Waals surface area contributed by atoms with Crippen molar-refractivity contribution in [3.05, 3.63) is 88.0 Å². The Kier molecular flexibility index (Phi) is 18.8. The van der Waals surface area contributed by atoms with E-state index in [1.165, 1.54) is 81.8 Å². The van der Waals surface area contributed by atoms with Crippen LogP contribution in [0.2, 0.25) is 0 Å². The minimum atomic E-state index is -3.37. The quantitative estimate of drug-likeness (QED) is 0.0872. The molecule has 0 aromatic heterocycles. The van der Waals surface area contributed by atoms with E-state index in [1.54, 1.807) is 0 Å². The van der Waals surface area contributed by atoms with Crippen molar-refractivity contribution in [2.75, 3.05) is 0 Å². The van der Waals surface area contributed by atoms with Crippen molar-refractivity contribution in [1.82, 2.24) is 0 Å². The molecule has 0 aliphatic carbocycles. The molecule has 0 radical (unpaired) electrons. The van der Waals surface area contributed by atoms with Crippen molar-refractivity contribution in [2.24, 2.45) is 0 Å². The van der Waals surface area contributed by atoms with E-state index in [-0.39, 0.29) is 0 Å². The molecule has 2 nitrogen and oxygen atoms in total. The number of benzene rings is 3. The van der Waals surface area contributed by atoms with E-state index in [0.717, 1.165) is 105 Å². The van der Waals surface area contributed by atoms with Gasteiger partial charge in [0.05, 0.1) is 0 Å². The Bertz CT molecular complexity index is 1220. The minimum absolute atomic E-state index is 0.824. The average Bonchev–Trinajstić information content (AvgIpc) is 3.07. The molecule has 47 heavy (non-hydrogen) atoms. The normalized spacial score (nSPS) is 11.7. The summed E-state index contributed by atoms with van der Waals surface area (Å²) >= 11 is 3.03. The number of unbranched alkanes of at least 4 members (excludes halogenated alkanes) is 6. The standard InChI is InChI=1S/C42H63O2PS2/c1-7-13-22-34-25-19-31-40(37(34)28-16-10-4)44-45(43,46-41-32-20-26-35(23-14-8-2)38(41)29-17-11-5)47-42-33-21-27-36(24-15-9-3)39(42)30-18-12-6/h19-21,25-27,31-33H,7-18,22-24,28-30H2,1-6H3. The Labute approximate surface area is 297 Å². The first-order chi connectivity index (χ1) is 22.9. The summed E-state index contributed by atoms with van der Waals surface area (Å²) in [5, 5.41) is 0. The molecule has 3 aromatic rings. The summed E-state index contributed by atoms with van der Waals surface area (Å²) in [6.45, 7) is 13.6. The van der Waals surface area contributed by atoms with Gasteiger partial charge in [-0.1, -0.05) is 116 Å². The van der Waals surface area contributed by atoms with E-state index in [1.807, 2.05) is 0 Å². The van der Waals surface area contributed by atoms with Crippen LogP contribution < -0.4 is 4.52 Å². The summed E-state index contributed by atoms with van der Waals surface area (Å²) < 4.78 is 22.7. The Morgan fingerprint density at radius 1 is 0.468 bits per heavy atom. The highest BCUT2D eigenvalue weighted by atomic mass is 33.1. The van der Waals surface area contributed by atoms with Gasteiger partial charge in [0.25, 0.3) is 0 Å². The van der Waals surface area contributed by atoms with Crippen LogP contribution in [0.3, 0.4) is 0 Å². The Morgan fingerprint density at radius 2 is 0.809 bits per heavy atom. The van der Waals surface area contributed by atoms with Gasteiger partial charge in [-0.25, -0.2) is 0 Å². The molecule has 5 heteroatoms. The zero-order valence-electron chi connectivity index (χ0n) is 30.5. The van der Waals surface area contributed by atoms with E-state index >= 15 is 4.57 Å². The van der Waals surface area contributed by atoms with Gasteiger partial charge in [-0.3, -0.25) is 4.57 Å². The molecule has 3 rings (SSSR count). The van der Waals surface area contributed by atoms with Crippen LogP contribution >= 0.6 is 28.5 Å². The Balaban J connectivity index is 2.17. The average molecular weight is 695 g/mol.